The van der Waals surface area contributed by atoms with E-state index in [1.54, 1.807) is 7.11 Å². The first-order valence-corrected chi connectivity index (χ1v) is 3.22. The molecule has 54 valence electrons. The molecule has 0 atom stereocenters. The first-order valence-electron chi connectivity index (χ1n) is 3.22. The average Bonchev–Trinajstić information content (AvgIpc) is 2.43. The van der Waals surface area contributed by atoms with Gasteiger partial charge >= 0.3 is 0 Å². The molecule has 0 aliphatic rings. The molecule has 1 heterocycles. The fourth-order valence-corrected chi connectivity index (χ4v) is 0.880. The van der Waals surface area contributed by atoms with E-state index in [1.807, 2.05) is 31.5 Å². The largest absolute Gasteiger partial charge is 0.496 e. The van der Waals surface area contributed by atoms with Gasteiger partial charge in [0.25, 0.3) is 0 Å². The Kier molecular flexibility index (Phi) is 2.15. The van der Waals surface area contributed by atoms with Crippen molar-refractivity contribution in [2.45, 2.75) is 6.92 Å². The average molecular weight is 137 g/mol. The minimum absolute atomic E-state index is 0.904. The maximum absolute atomic E-state index is 5.08. The third-order valence-electron chi connectivity index (χ3n) is 1.36. The van der Waals surface area contributed by atoms with Gasteiger partial charge in [-0.15, -0.1) is 0 Å². The summed E-state index contributed by atoms with van der Waals surface area (Å²) in [6.45, 7) is 1.95. The number of hydrogen-bond donors (Lipinski definition) is 1. The molecule has 1 rings (SSSR count). The number of methoxy groups -OCH3 is 1. The topological polar surface area (TPSA) is 25.0 Å². The van der Waals surface area contributed by atoms with Gasteiger partial charge in [-0.1, -0.05) is 0 Å². The Bertz CT molecular complexity index is 211. The van der Waals surface area contributed by atoms with Crippen LogP contribution in [0.4, 0.5) is 0 Å². The molecule has 0 saturated carbocycles. The molecule has 0 spiro atoms. The summed E-state index contributed by atoms with van der Waals surface area (Å²) in [6.07, 6.45) is 5.71. The molecule has 1 aromatic heterocycles. The molecule has 0 aliphatic carbocycles. The van der Waals surface area contributed by atoms with Crippen LogP contribution in [0.3, 0.4) is 0 Å². The van der Waals surface area contributed by atoms with E-state index in [9.17, 15) is 0 Å². The highest BCUT2D eigenvalue weighted by atomic mass is 16.5. The highest BCUT2D eigenvalue weighted by Gasteiger charge is 1.96. The number of rotatable bonds is 2. The van der Waals surface area contributed by atoms with Crippen LogP contribution in [0, 0.1) is 0 Å². The van der Waals surface area contributed by atoms with Crippen molar-refractivity contribution in [3.8, 4) is 0 Å². The molecule has 0 aromatic carbocycles. The number of H-pyrrole nitrogens is 1. The Hall–Kier alpha value is -1.18. The molecule has 0 fully saturated rings. The van der Waals surface area contributed by atoms with Crippen molar-refractivity contribution >= 4 is 5.76 Å². The Morgan fingerprint density at radius 3 is 2.90 bits per heavy atom. The number of nitrogens with one attached hydrogen (secondary N) is 1. The first kappa shape index (κ1) is 6.93. The molecule has 0 saturated heterocycles. The molecular formula is C8H11NO. The molecule has 10 heavy (non-hydrogen) atoms. The summed E-state index contributed by atoms with van der Waals surface area (Å²) < 4.78 is 5.08. The fourth-order valence-electron chi connectivity index (χ4n) is 0.880. The molecule has 2 nitrogen and oxygen atoms in total. The predicted molar refractivity (Wildman–Crippen MR) is 41.5 cm³/mol. The molecule has 0 radical (unpaired) electrons. The predicted octanol–water partition coefficient (Wildman–Crippen LogP) is 2.02. The van der Waals surface area contributed by atoms with Crippen LogP contribution in [-0.2, 0) is 4.74 Å². The lowest BCUT2D eigenvalue weighted by Gasteiger charge is -2.00. The number of aromatic nitrogens is 1. The van der Waals surface area contributed by atoms with Gasteiger partial charge in [-0.3, -0.25) is 0 Å². The molecule has 1 aromatic rings. The van der Waals surface area contributed by atoms with Gasteiger partial charge in [0, 0.05) is 18.0 Å². The Morgan fingerprint density at radius 1 is 1.70 bits per heavy atom. The van der Waals surface area contributed by atoms with E-state index in [0.717, 1.165) is 11.3 Å². The Balaban J connectivity index is 2.85. The van der Waals surface area contributed by atoms with E-state index >= 15 is 0 Å². The SMILES string of the molecule is C/C=C(\OC)c1cc[nH]c1. The van der Waals surface area contributed by atoms with E-state index in [4.69, 9.17) is 4.74 Å². The Morgan fingerprint density at radius 2 is 2.50 bits per heavy atom. The normalized spacial score (nSPS) is 11.6. The summed E-state index contributed by atoms with van der Waals surface area (Å²) in [7, 11) is 1.67. The summed E-state index contributed by atoms with van der Waals surface area (Å²) in [4.78, 5) is 2.96. The zero-order valence-electron chi connectivity index (χ0n) is 6.22. The maximum atomic E-state index is 5.08. The van der Waals surface area contributed by atoms with Crippen molar-refractivity contribution < 1.29 is 4.74 Å². The van der Waals surface area contributed by atoms with Crippen LogP contribution >= 0.6 is 0 Å². The lowest BCUT2D eigenvalue weighted by atomic mass is 10.3. The maximum Gasteiger partial charge on any atom is 0.123 e. The standard InChI is InChI=1S/C8H11NO/c1-3-8(10-2)7-4-5-9-6-7/h3-6,9H,1-2H3/b8-3-. The van der Waals surface area contributed by atoms with Gasteiger partial charge in [0.2, 0.25) is 0 Å². The zero-order chi connectivity index (χ0) is 7.40. The summed E-state index contributed by atoms with van der Waals surface area (Å²) in [6, 6.07) is 1.97. The van der Waals surface area contributed by atoms with Gasteiger partial charge in [0.05, 0.1) is 7.11 Å². The minimum atomic E-state index is 0.904. The van der Waals surface area contributed by atoms with E-state index in [-0.39, 0.29) is 0 Å². The summed E-state index contributed by atoms with van der Waals surface area (Å²) in [5, 5.41) is 0. The molecule has 0 unspecified atom stereocenters. The van der Waals surface area contributed by atoms with Crippen LogP contribution in [0.15, 0.2) is 24.5 Å². The molecule has 0 aliphatic heterocycles. The first-order chi connectivity index (χ1) is 4.88. The smallest absolute Gasteiger partial charge is 0.123 e. The lowest BCUT2D eigenvalue weighted by Crippen LogP contribution is -1.82. The van der Waals surface area contributed by atoms with Crippen molar-refractivity contribution in [1.29, 1.82) is 0 Å². The molecular weight excluding hydrogens is 126 g/mol. The van der Waals surface area contributed by atoms with Gasteiger partial charge in [0.1, 0.15) is 5.76 Å². The van der Waals surface area contributed by atoms with Gasteiger partial charge in [0.15, 0.2) is 0 Å². The number of ether oxygens (including phenoxy) is 1. The van der Waals surface area contributed by atoms with E-state index in [0.29, 0.717) is 0 Å². The van der Waals surface area contributed by atoms with Crippen LogP contribution < -0.4 is 0 Å². The van der Waals surface area contributed by atoms with Crippen molar-refractivity contribution in [2.24, 2.45) is 0 Å². The van der Waals surface area contributed by atoms with E-state index in [2.05, 4.69) is 4.98 Å². The van der Waals surface area contributed by atoms with Crippen molar-refractivity contribution in [3.63, 3.8) is 0 Å². The van der Waals surface area contributed by atoms with Gasteiger partial charge in [-0.05, 0) is 19.1 Å². The number of aromatic amines is 1. The minimum Gasteiger partial charge on any atom is -0.496 e. The fraction of sp³-hybridized carbons (Fsp3) is 0.250. The van der Waals surface area contributed by atoms with Crippen molar-refractivity contribution in [3.05, 3.63) is 30.1 Å². The summed E-state index contributed by atoms with van der Waals surface area (Å²) in [5.74, 6) is 0.904. The highest BCUT2D eigenvalue weighted by Crippen LogP contribution is 2.12. The van der Waals surface area contributed by atoms with Crippen molar-refractivity contribution in [2.75, 3.05) is 7.11 Å². The van der Waals surface area contributed by atoms with Crippen LogP contribution in [-0.4, -0.2) is 12.1 Å². The molecule has 2 heteroatoms. The second-order valence-electron chi connectivity index (χ2n) is 1.96. The highest BCUT2D eigenvalue weighted by molar-refractivity contribution is 5.58. The van der Waals surface area contributed by atoms with Gasteiger partial charge < -0.3 is 9.72 Å². The van der Waals surface area contributed by atoms with Gasteiger partial charge in [-0.2, -0.15) is 0 Å². The molecule has 0 bridgehead atoms. The monoisotopic (exact) mass is 137 g/mol. The summed E-state index contributed by atoms with van der Waals surface area (Å²) >= 11 is 0. The number of hydrogen-bond acceptors (Lipinski definition) is 1. The van der Waals surface area contributed by atoms with Crippen LogP contribution in [0.1, 0.15) is 12.5 Å². The second-order valence-corrected chi connectivity index (χ2v) is 1.96. The third kappa shape index (κ3) is 1.21. The van der Waals surface area contributed by atoms with Crippen LogP contribution in [0.5, 0.6) is 0 Å². The Labute approximate surface area is 60.5 Å². The van der Waals surface area contributed by atoms with Crippen LogP contribution in [0.2, 0.25) is 0 Å². The summed E-state index contributed by atoms with van der Waals surface area (Å²) in [5.41, 5.74) is 1.09. The molecule has 1 N–H and O–H groups in total. The lowest BCUT2D eigenvalue weighted by molar-refractivity contribution is 0.369. The second kappa shape index (κ2) is 3.11. The molecule has 0 amide bonds. The van der Waals surface area contributed by atoms with Crippen molar-refractivity contribution in [1.82, 2.24) is 4.98 Å². The van der Waals surface area contributed by atoms with E-state index < -0.39 is 0 Å². The third-order valence-corrected chi connectivity index (χ3v) is 1.36. The number of allylic oxidation sites excluding steroid dienone is 1. The zero-order valence-corrected chi connectivity index (χ0v) is 6.22. The quantitative estimate of drug-likeness (QED) is 0.620. The van der Waals surface area contributed by atoms with Gasteiger partial charge in [-0.25, -0.2) is 0 Å². The van der Waals surface area contributed by atoms with E-state index in [1.165, 1.54) is 0 Å². The van der Waals surface area contributed by atoms with Crippen LogP contribution in [0.25, 0.3) is 5.76 Å².